The lowest BCUT2D eigenvalue weighted by atomic mass is 10.0. The lowest BCUT2D eigenvalue weighted by molar-refractivity contribution is -0.135. The Morgan fingerprint density at radius 1 is 1.05 bits per heavy atom. The van der Waals surface area contributed by atoms with Crippen LogP contribution in [0.2, 0.25) is 0 Å². The normalized spacial score (nSPS) is 17.9. The minimum absolute atomic E-state index is 0.119. The number of nitrogens with zero attached hydrogens (tertiary/aromatic N) is 3. The lowest BCUT2D eigenvalue weighted by Crippen LogP contribution is -2.42. The molecule has 2 amide bonds. The molecule has 1 unspecified atom stereocenters. The molecule has 0 aliphatic carbocycles. The van der Waals surface area contributed by atoms with Gasteiger partial charge in [0.2, 0.25) is 11.8 Å². The van der Waals surface area contributed by atoms with Gasteiger partial charge in [0.05, 0.1) is 6.54 Å². The van der Waals surface area contributed by atoms with E-state index in [9.17, 15) is 9.59 Å². The fraction of sp³-hybridized carbons (Fsp3) is 0.882. The van der Waals surface area contributed by atoms with Crippen molar-refractivity contribution >= 4 is 11.8 Å². The molecule has 0 spiro atoms. The highest BCUT2D eigenvalue weighted by molar-refractivity contribution is 5.79. The van der Waals surface area contributed by atoms with Crippen LogP contribution in [0.3, 0.4) is 0 Å². The predicted octanol–water partition coefficient (Wildman–Crippen LogP) is 1.83. The number of hydrogen-bond acceptors (Lipinski definition) is 3. The van der Waals surface area contributed by atoms with Gasteiger partial charge in [0, 0.05) is 45.2 Å². The van der Waals surface area contributed by atoms with Gasteiger partial charge in [-0.3, -0.25) is 14.5 Å². The molecular weight excluding hydrogens is 278 g/mol. The Bertz CT molecular complexity index is 356. The van der Waals surface area contributed by atoms with E-state index < -0.39 is 0 Å². The number of carbonyl (C=O) groups excluding carboxylic acids is 2. The van der Waals surface area contributed by atoms with Crippen molar-refractivity contribution in [3.8, 4) is 0 Å². The first-order chi connectivity index (χ1) is 10.5. The molecule has 1 fully saturated rings. The van der Waals surface area contributed by atoms with Crippen molar-refractivity contribution in [2.24, 2.45) is 5.92 Å². The maximum atomic E-state index is 12.4. The molecule has 5 nitrogen and oxygen atoms in total. The van der Waals surface area contributed by atoms with Crippen LogP contribution in [0.1, 0.15) is 47.0 Å². The SMILES string of the molecule is CCCC(C)C(=O)N1CCCN(CC(=O)N(CC)CC)CC1. The number of hydrogen-bond donors (Lipinski definition) is 0. The molecule has 1 atom stereocenters. The van der Waals surface area contributed by atoms with E-state index in [1.165, 1.54) is 0 Å². The Labute approximate surface area is 135 Å². The van der Waals surface area contributed by atoms with Gasteiger partial charge in [0.25, 0.3) is 0 Å². The third-order valence-corrected chi connectivity index (χ3v) is 4.52. The summed E-state index contributed by atoms with van der Waals surface area (Å²) < 4.78 is 0. The number of amides is 2. The van der Waals surface area contributed by atoms with Crippen molar-refractivity contribution in [3.05, 3.63) is 0 Å². The van der Waals surface area contributed by atoms with Crippen LogP contribution in [0.5, 0.6) is 0 Å². The zero-order valence-corrected chi connectivity index (χ0v) is 14.8. The van der Waals surface area contributed by atoms with Crippen LogP contribution < -0.4 is 0 Å². The third-order valence-electron chi connectivity index (χ3n) is 4.52. The molecule has 1 saturated heterocycles. The average Bonchev–Trinajstić information content (AvgIpc) is 2.73. The van der Waals surface area contributed by atoms with E-state index in [1.54, 1.807) is 0 Å². The van der Waals surface area contributed by atoms with Crippen molar-refractivity contribution in [2.45, 2.75) is 47.0 Å². The summed E-state index contributed by atoms with van der Waals surface area (Å²) in [5.74, 6) is 0.594. The topological polar surface area (TPSA) is 43.9 Å². The summed E-state index contributed by atoms with van der Waals surface area (Å²) in [4.78, 5) is 30.7. The van der Waals surface area contributed by atoms with Gasteiger partial charge < -0.3 is 9.80 Å². The van der Waals surface area contributed by atoms with Crippen molar-refractivity contribution in [2.75, 3.05) is 45.8 Å². The van der Waals surface area contributed by atoms with Gasteiger partial charge in [-0.05, 0) is 26.7 Å². The molecule has 5 heteroatoms. The Balaban J connectivity index is 2.48. The zero-order valence-electron chi connectivity index (χ0n) is 14.8. The lowest BCUT2D eigenvalue weighted by Gasteiger charge is -2.26. The minimum Gasteiger partial charge on any atom is -0.342 e. The molecule has 1 heterocycles. The molecule has 0 N–H and O–H groups in total. The molecule has 128 valence electrons. The van der Waals surface area contributed by atoms with Gasteiger partial charge in [0.15, 0.2) is 0 Å². The largest absolute Gasteiger partial charge is 0.342 e. The Hall–Kier alpha value is -1.10. The van der Waals surface area contributed by atoms with Crippen molar-refractivity contribution < 1.29 is 9.59 Å². The molecule has 1 rings (SSSR count). The van der Waals surface area contributed by atoms with E-state index >= 15 is 0 Å². The van der Waals surface area contributed by atoms with E-state index in [1.807, 2.05) is 30.6 Å². The zero-order chi connectivity index (χ0) is 16.5. The molecule has 22 heavy (non-hydrogen) atoms. The standard InChI is InChI=1S/C17H33N3O2/c1-5-9-15(4)17(22)20-11-8-10-18(12-13-20)14-16(21)19(6-2)7-3/h15H,5-14H2,1-4H3. The van der Waals surface area contributed by atoms with Gasteiger partial charge in [-0.25, -0.2) is 0 Å². The van der Waals surface area contributed by atoms with Crippen LogP contribution in [0.4, 0.5) is 0 Å². The molecule has 0 aromatic carbocycles. The minimum atomic E-state index is 0.119. The van der Waals surface area contributed by atoms with E-state index in [4.69, 9.17) is 0 Å². The summed E-state index contributed by atoms with van der Waals surface area (Å²) in [5.41, 5.74) is 0. The first-order valence-corrected chi connectivity index (χ1v) is 8.82. The highest BCUT2D eigenvalue weighted by Crippen LogP contribution is 2.12. The number of likely N-dealkylation sites (N-methyl/N-ethyl adjacent to an activating group) is 1. The first-order valence-electron chi connectivity index (χ1n) is 8.82. The van der Waals surface area contributed by atoms with Crippen LogP contribution in [-0.4, -0.2) is 72.3 Å². The van der Waals surface area contributed by atoms with Crippen LogP contribution in [-0.2, 0) is 9.59 Å². The monoisotopic (exact) mass is 311 g/mol. The van der Waals surface area contributed by atoms with E-state index in [0.717, 1.165) is 58.5 Å². The fourth-order valence-corrected chi connectivity index (χ4v) is 3.09. The second-order valence-corrected chi connectivity index (χ2v) is 6.21. The molecule has 0 aromatic rings. The molecule has 0 bridgehead atoms. The molecule has 0 saturated carbocycles. The van der Waals surface area contributed by atoms with Gasteiger partial charge in [-0.15, -0.1) is 0 Å². The summed E-state index contributed by atoms with van der Waals surface area (Å²) in [6.07, 6.45) is 2.96. The molecule has 1 aliphatic heterocycles. The smallest absolute Gasteiger partial charge is 0.236 e. The van der Waals surface area contributed by atoms with Gasteiger partial charge in [-0.2, -0.15) is 0 Å². The maximum absolute atomic E-state index is 12.4. The van der Waals surface area contributed by atoms with Crippen LogP contribution in [0.25, 0.3) is 0 Å². The van der Waals surface area contributed by atoms with Crippen LogP contribution in [0, 0.1) is 5.92 Å². The van der Waals surface area contributed by atoms with E-state index in [-0.39, 0.29) is 17.7 Å². The second kappa shape index (κ2) is 9.82. The van der Waals surface area contributed by atoms with E-state index in [0.29, 0.717) is 6.54 Å². The summed E-state index contributed by atoms with van der Waals surface area (Å²) in [6.45, 7) is 13.5. The van der Waals surface area contributed by atoms with Crippen molar-refractivity contribution in [1.29, 1.82) is 0 Å². The van der Waals surface area contributed by atoms with Crippen molar-refractivity contribution in [3.63, 3.8) is 0 Å². The summed E-state index contributed by atoms with van der Waals surface area (Å²) in [7, 11) is 0. The van der Waals surface area contributed by atoms with Crippen molar-refractivity contribution in [1.82, 2.24) is 14.7 Å². The highest BCUT2D eigenvalue weighted by atomic mass is 16.2. The van der Waals surface area contributed by atoms with Gasteiger partial charge in [-0.1, -0.05) is 20.3 Å². The van der Waals surface area contributed by atoms with E-state index in [2.05, 4.69) is 11.8 Å². The number of rotatable bonds is 7. The highest BCUT2D eigenvalue weighted by Gasteiger charge is 2.24. The van der Waals surface area contributed by atoms with Gasteiger partial charge in [0.1, 0.15) is 0 Å². The summed E-state index contributed by atoms with van der Waals surface area (Å²) in [5, 5.41) is 0. The molecule has 1 aliphatic rings. The summed E-state index contributed by atoms with van der Waals surface area (Å²) in [6, 6.07) is 0. The molecule has 0 radical (unpaired) electrons. The average molecular weight is 311 g/mol. The quantitative estimate of drug-likeness (QED) is 0.720. The van der Waals surface area contributed by atoms with Crippen LogP contribution >= 0.6 is 0 Å². The van der Waals surface area contributed by atoms with Gasteiger partial charge >= 0.3 is 0 Å². The fourth-order valence-electron chi connectivity index (χ4n) is 3.09. The summed E-state index contributed by atoms with van der Waals surface area (Å²) >= 11 is 0. The Morgan fingerprint density at radius 2 is 1.73 bits per heavy atom. The molecule has 0 aromatic heterocycles. The predicted molar refractivity (Wildman–Crippen MR) is 89.6 cm³/mol. The molecular formula is C17H33N3O2. The Kier molecular flexibility index (Phi) is 8.46. The maximum Gasteiger partial charge on any atom is 0.236 e. The second-order valence-electron chi connectivity index (χ2n) is 6.21. The third kappa shape index (κ3) is 5.59. The first kappa shape index (κ1) is 18.9. The van der Waals surface area contributed by atoms with Crippen LogP contribution in [0.15, 0.2) is 0 Å². The number of carbonyl (C=O) groups is 2. The Morgan fingerprint density at radius 3 is 2.32 bits per heavy atom.